The van der Waals surface area contributed by atoms with E-state index < -0.39 is 33.0 Å². The topological polar surface area (TPSA) is 114 Å². The van der Waals surface area contributed by atoms with Crippen molar-refractivity contribution in [3.8, 4) is 5.75 Å². The predicted octanol–water partition coefficient (Wildman–Crippen LogP) is 6.40. The van der Waals surface area contributed by atoms with Crippen LogP contribution in [0.2, 0.25) is 0 Å². The Morgan fingerprint density at radius 3 is 2.02 bits per heavy atom. The summed E-state index contributed by atoms with van der Waals surface area (Å²) in [5.41, 5.74) is 0.740. The fourth-order valence-corrected chi connectivity index (χ4v) is 7.57. The van der Waals surface area contributed by atoms with Crippen LogP contribution in [0.15, 0.2) is 46.9 Å². The van der Waals surface area contributed by atoms with Gasteiger partial charge in [0.25, 0.3) is 0 Å². The van der Waals surface area contributed by atoms with Gasteiger partial charge in [-0.25, -0.2) is 16.8 Å². The number of furan rings is 1. The molecular weight excluding hydrogens is 588 g/mol. The number of carbonyl (C=O) groups excluding carboxylic acids is 1. The summed E-state index contributed by atoms with van der Waals surface area (Å²) in [6.07, 6.45) is 5.59. The van der Waals surface area contributed by atoms with Crippen LogP contribution < -0.4 is 8.45 Å². The molecule has 0 amide bonds. The van der Waals surface area contributed by atoms with Gasteiger partial charge in [0.1, 0.15) is 17.1 Å². The fourth-order valence-electron chi connectivity index (χ4n) is 4.61. The van der Waals surface area contributed by atoms with Crippen molar-refractivity contribution in [2.75, 3.05) is 42.4 Å². The summed E-state index contributed by atoms with van der Waals surface area (Å²) in [6, 6.07) is 10.6. The normalized spacial score (nSPS) is 14.3. The van der Waals surface area contributed by atoms with E-state index in [4.69, 9.17) is 14.6 Å². The minimum absolute atomic E-state index is 0.132. The largest absolute Gasteiger partial charge is 0.494 e. The minimum atomic E-state index is -4.20. The monoisotopic (exact) mass is 638 g/mol. The van der Waals surface area contributed by atoms with Crippen molar-refractivity contribution >= 4 is 42.5 Å². The molecule has 0 spiro atoms. The number of fused-ring (bicyclic) bond motifs is 1. The lowest BCUT2D eigenvalue weighted by Gasteiger charge is -2.21. The lowest BCUT2D eigenvalue weighted by atomic mass is 9.98. The van der Waals surface area contributed by atoms with Crippen molar-refractivity contribution in [1.82, 2.24) is 4.90 Å². The zero-order valence-electron chi connectivity index (χ0n) is 29.7. The lowest BCUT2D eigenvalue weighted by molar-refractivity contribution is 0.103. The number of benzene rings is 2. The average molecular weight is 639 g/mol. The number of aryl methyl sites for hydroxylation is 1. The van der Waals surface area contributed by atoms with Crippen molar-refractivity contribution in [3.63, 3.8) is 0 Å². The second-order valence-electron chi connectivity index (χ2n) is 10.4. The molecule has 0 saturated heterocycles. The third-order valence-electron chi connectivity index (χ3n) is 6.56. The Hall–Kier alpha value is -2.89. The van der Waals surface area contributed by atoms with E-state index in [-0.39, 0.29) is 43.0 Å². The maximum Gasteiger partial charge on any atom is 0.245 e. The van der Waals surface area contributed by atoms with Crippen LogP contribution in [0.5, 0.6) is 5.75 Å². The second kappa shape index (κ2) is 15.7. The highest BCUT2D eigenvalue weighted by atomic mass is 32.3. The molecule has 0 aliphatic rings. The van der Waals surface area contributed by atoms with Crippen LogP contribution >= 0.6 is 0 Å². The summed E-state index contributed by atoms with van der Waals surface area (Å²) >= 11 is 0. The van der Waals surface area contributed by atoms with Crippen LogP contribution in [0.4, 0.5) is 5.69 Å². The summed E-state index contributed by atoms with van der Waals surface area (Å²) in [6.45, 7) is 2.52. The summed E-state index contributed by atoms with van der Waals surface area (Å²) in [7, 11) is -8.40. The molecule has 1 aromatic heterocycles. The SMILES string of the molecule is [2H]C([2H])(CCC)N(CCCOc1ccc(C(=O)c2c(CCCC)oc3ccc(N(S(C)(=O)=O)S(C)(=O)=O)cc23)cc1)C([2H])([2H])CCC. The molecule has 2 aromatic carbocycles. The van der Waals surface area contributed by atoms with Crippen LogP contribution in [0.1, 0.15) is 92.9 Å². The Labute approximate surface area is 262 Å². The third kappa shape index (κ3) is 9.55. The van der Waals surface area contributed by atoms with E-state index in [0.717, 1.165) is 25.4 Å². The number of ketones is 1. The van der Waals surface area contributed by atoms with Crippen molar-refractivity contribution < 1.29 is 36.3 Å². The van der Waals surface area contributed by atoms with E-state index in [1.54, 1.807) is 24.3 Å². The Bertz CT molecular complexity index is 1690. The summed E-state index contributed by atoms with van der Waals surface area (Å²) in [5.74, 6) is 0.518. The van der Waals surface area contributed by atoms with Crippen molar-refractivity contribution in [3.05, 3.63) is 59.4 Å². The van der Waals surface area contributed by atoms with Crippen molar-refractivity contribution in [2.45, 2.75) is 72.1 Å². The van der Waals surface area contributed by atoms with E-state index in [1.165, 1.54) is 23.1 Å². The third-order valence-corrected chi connectivity index (χ3v) is 9.81. The number of unbranched alkanes of at least 4 members (excludes halogenated alkanes) is 1. The maximum absolute atomic E-state index is 13.9. The first-order valence-corrected chi connectivity index (χ1v) is 18.4. The Balaban J connectivity index is 1.85. The van der Waals surface area contributed by atoms with Gasteiger partial charge in [0.15, 0.2) is 5.78 Å². The number of ether oxygens (including phenoxy) is 1. The highest BCUT2D eigenvalue weighted by molar-refractivity contribution is 8.09. The highest BCUT2D eigenvalue weighted by Gasteiger charge is 2.29. The highest BCUT2D eigenvalue weighted by Crippen LogP contribution is 2.34. The molecule has 0 radical (unpaired) electrons. The number of nitrogens with zero attached hydrogens (tertiary/aromatic N) is 2. The molecule has 0 unspecified atom stereocenters. The van der Waals surface area contributed by atoms with Crippen LogP contribution in [0, 0.1) is 0 Å². The molecule has 1 heterocycles. The molecule has 3 aromatic rings. The van der Waals surface area contributed by atoms with Crippen molar-refractivity contribution in [1.29, 1.82) is 0 Å². The number of carbonyl (C=O) groups is 1. The Kier molecular flexibility index (Phi) is 10.5. The first-order chi connectivity index (χ1) is 21.9. The van der Waals surface area contributed by atoms with E-state index in [9.17, 15) is 21.6 Å². The Morgan fingerprint density at radius 1 is 0.860 bits per heavy atom. The van der Waals surface area contributed by atoms with Gasteiger partial charge >= 0.3 is 0 Å². The zero-order valence-corrected chi connectivity index (χ0v) is 27.3. The second-order valence-corrected chi connectivity index (χ2v) is 14.3. The van der Waals surface area contributed by atoms with Gasteiger partial charge in [0, 0.05) is 29.4 Å². The minimum Gasteiger partial charge on any atom is -0.494 e. The van der Waals surface area contributed by atoms with Gasteiger partial charge < -0.3 is 14.1 Å². The number of rotatable bonds is 19. The van der Waals surface area contributed by atoms with E-state index in [1.807, 2.05) is 20.8 Å². The van der Waals surface area contributed by atoms with Gasteiger partial charge in [0.2, 0.25) is 20.0 Å². The molecule has 0 aliphatic heterocycles. The number of hydrogen-bond acceptors (Lipinski definition) is 8. The average Bonchev–Trinajstić information content (AvgIpc) is 3.31. The smallest absolute Gasteiger partial charge is 0.245 e. The summed E-state index contributed by atoms with van der Waals surface area (Å²) in [4.78, 5) is 15.2. The predicted molar refractivity (Wildman–Crippen MR) is 173 cm³/mol. The van der Waals surface area contributed by atoms with Gasteiger partial charge in [-0.15, -0.1) is 0 Å². The first kappa shape index (κ1) is 28.9. The molecule has 9 nitrogen and oxygen atoms in total. The molecule has 0 bridgehead atoms. The first-order valence-electron chi connectivity index (χ1n) is 16.7. The summed E-state index contributed by atoms with van der Waals surface area (Å²) < 4.78 is 95.6. The van der Waals surface area contributed by atoms with Crippen molar-refractivity contribution in [2.24, 2.45) is 0 Å². The van der Waals surface area contributed by atoms with Gasteiger partial charge in [-0.1, -0.05) is 40.0 Å². The molecular formula is C32H46N2O7S2. The van der Waals surface area contributed by atoms with E-state index in [0.29, 0.717) is 57.4 Å². The van der Waals surface area contributed by atoms with Crippen LogP contribution in [0.25, 0.3) is 11.0 Å². The molecule has 11 heteroatoms. The van der Waals surface area contributed by atoms with Crippen LogP contribution in [-0.2, 0) is 26.5 Å². The maximum atomic E-state index is 13.9. The van der Waals surface area contributed by atoms with Gasteiger partial charge in [-0.2, -0.15) is 3.71 Å². The molecule has 238 valence electrons. The molecule has 0 aliphatic carbocycles. The van der Waals surface area contributed by atoms with E-state index in [2.05, 4.69) is 0 Å². The lowest BCUT2D eigenvalue weighted by Crippen LogP contribution is -2.35. The summed E-state index contributed by atoms with van der Waals surface area (Å²) in [5, 5.41) is 0.298. The molecule has 43 heavy (non-hydrogen) atoms. The number of hydrogen-bond donors (Lipinski definition) is 0. The Morgan fingerprint density at radius 2 is 1.47 bits per heavy atom. The van der Waals surface area contributed by atoms with Crippen LogP contribution in [0.3, 0.4) is 0 Å². The number of anilines is 1. The zero-order chi connectivity index (χ0) is 35.2. The number of sulfonamides is 2. The van der Waals surface area contributed by atoms with Crippen LogP contribution in [-0.4, -0.2) is 66.2 Å². The van der Waals surface area contributed by atoms with Gasteiger partial charge in [0.05, 0.1) is 30.4 Å². The molecule has 0 N–H and O–H groups in total. The molecule has 0 saturated carbocycles. The standard InChI is InChI=1S/C32H46N2O7S2/c1-6-9-13-30-31(28-24-26(16-19-29(28)41-30)34(42(4,36)37)43(5,38)39)32(35)25-14-17-27(18-15-25)40-23-12-22-33(20-10-7-2)21-11-8-3/h14-19,24H,6-13,20-23H2,1-5H3/i20D2,21D2. The van der Waals surface area contributed by atoms with E-state index >= 15 is 0 Å². The fraction of sp³-hybridized carbons (Fsp3) is 0.531. The molecule has 3 rings (SSSR count). The quantitative estimate of drug-likeness (QED) is 0.109. The molecule has 0 atom stereocenters. The van der Waals surface area contributed by atoms with Gasteiger partial charge in [-0.05, 0) is 81.1 Å². The van der Waals surface area contributed by atoms with Gasteiger partial charge in [-0.3, -0.25) is 4.79 Å². The molecule has 0 fully saturated rings.